The average Bonchev–Trinajstić information content (AvgIpc) is 3.18. The molecule has 11 heteroatoms. The second kappa shape index (κ2) is 10.3. The highest BCUT2D eigenvalue weighted by Crippen LogP contribution is 2.29. The molecule has 3 rings (SSSR count). The van der Waals surface area contributed by atoms with Gasteiger partial charge in [-0.2, -0.15) is 0 Å². The average molecular weight is 463 g/mol. The molecule has 0 aliphatic heterocycles. The summed E-state index contributed by atoms with van der Waals surface area (Å²) in [5.41, 5.74) is 0.897. The highest BCUT2D eigenvalue weighted by molar-refractivity contribution is 8.00. The standard InChI is InChI=1S/C20H22N4O5S2/c1-12-22-23-20(31-12)30-11-13-7-16(25)18(29-4)9-24(13)10-19(26)21-15-8-14(27-2)5-6-17(15)28-3/h5-9H,10-11H2,1-4H3,(H,21,26). The fraction of sp³-hybridized carbons (Fsp3) is 0.300. The number of amides is 1. The molecule has 9 nitrogen and oxygen atoms in total. The second-order valence-corrected chi connectivity index (χ2v) is 8.72. The number of ether oxygens (including phenoxy) is 3. The van der Waals surface area contributed by atoms with E-state index in [9.17, 15) is 9.59 Å². The van der Waals surface area contributed by atoms with Crippen LogP contribution in [0.15, 0.2) is 39.6 Å². The van der Waals surface area contributed by atoms with Crippen molar-refractivity contribution in [3.8, 4) is 17.2 Å². The molecule has 0 bridgehead atoms. The molecule has 0 unspecified atom stereocenters. The molecular weight excluding hydrogens is 440 g/mol. The van der Waals surface area contributed by atoms with Gasteiger partial charge in [0.05, 0.1) is 33.2 Å². The maximum Gasteiger partial charge on any atom is 0.244 e. The largest absolute Gasteiger partial charge is 0.497 e. The van der Waals surface area contributed by atoms with Crippen LogP contribution in [0.4, 0.5) is 5.69 Å². The number of benzene rings is 1. The van der Waals surface area contributed by atoms with Gasteiger partial charge in [-0.05, 0) is 19.1 Å². The summed E-state index contributed by atoms with van der Waals surface area (Å²) in [6, 6.07) is 6.60. The lowest BCUT2D eigenvalue weighted by Crippen LogP contribution is -2.23. The van der Waals surface area contributed by atoms with Crippen molar-refractivity contribution in [1.82, 2.24) is 14.8 Å². The Morgan fingerprint density at radius 2 is 1.90 bits per heavy atom. The topological polar surface area (TPSA) is 105 Å². The first-order chi connectivity index (χ1) is 14.9. The van der Waals surface area contributed by atoms with Crippen LogP contribution in [0.25, 0.3) is 0 Å². The van der Waals surface area contributed by atoms with Crippen LogP contribution in [0.5, 0.6) is 17.2 Å². The van der Waals surface area contributed by atoms with Gasteiger partial charge >= 0.3 is 0 Å². The summed E-state index contributed by atoms with van der Waals surface area (Å²) in [4.78, 5) is 25.1. The lowest BCUT2D eigenvalue weighted by Gasteiger charge is -2.16. The Morgan fingerprint density at radius 3 is 2.55 bits per heavy atom. The molecule has 0 aliphatic rings. The molecule has 164 valence electrons. The van der Waals surface area contributed by atoms with E-state index >= 15 is 0 Å². The molecule has 0 radical (unpaired) electrons. The zero-order valence-corrected chi connectivity index (χ0v) is 19.1. The fourth-order valence-corrected chi connectivity index (χ4v) is 4.56. The molecule has 0 atom stereocenters. The number of carbonyl (C=O) groups excluding carboxylic acids is 1. The van der Waals surface area contributed by atoms with Crippen LogP contribution in [-0.2, 0) is 17.1 Å². The molecule has 0 fully saturated rings. The van der Waals surface area contributed by atoms with Crippen LogP contribution in [0.1, 0.15) is 10.7 Å². The number of carbonyl (C=O) groups is 1. The number of anilines is 1. The van der Waals surface area contributed by atoms with Crippen molar-refractivity contribution in [3.05, 3.63) is 51.4 Å². The molecule has 1 N–H and O–H groups in total. The van der Waals surface area contributed by atoms with Crippen molar-refractivity contribution in [3.63, 3.8) is 0 Å². The van der Waals surface area contributed by atoms with E-state index in [-0.39, 0.29) is 23.6 Å². The number of pyridine rings is 1. The van der Waals surface area contributed by atoms with Crippen LogP contribution in [0.3, 0.4) is 0 Å². The molecule has 2 heterocycles. The Kier molecular flexibility index (Phi) is 7.53. The summed E-state index contributed by atoms with van der Waals surface area (Å²) < 4.78 is 18.1. The predicted octanol–water partition coefficient (Wildman–Crippen LogP) is 2.97. The first-order valence-corrected chi connectivity index (χ1v) is 11.0. The number of thioether (sulfide) groups is 1. The first kappa shape index (κ1) is 22.6. The molecular formula is C20H22N4O5S2. The summed E-state index contributed by atoms with van der Waals surface area (Å²) in [7, 11) is 4.48. The van der Waals surface area contributed by atoms with E-state index in [1.807, 2.05) is 6.92 Å². The predicted molar refractivity (Wildman–Crippen MR) is 120 cm³/mol. The van der Waals surface area contributed by atoms with Crippen LogP contribution >= 0.6 is 23.1 Å². The maximum atomic E-state index is 12.8. The lowest BCUT2D eigenvalue weighted by molar-refractivity contribution is -0.116. The van der Waals surface area contributed by atoms with E-state index in [4.69, 9.17) is 14.2 Å². The summed E-state index contributed by atoms with van der Waals surface area (Å²) in [6.45, 7) is 1.85. The molecule has 2 aromatic heterocycles. The number of nitrogens with one attached hydrogen (secondary N) is 1. The monoisotopic (exact) mass is 462 g/mol. The summed E-state index contributed by atoms with van der Waals surface area (Å²) >= 11 is 2.92. The van der Waals surface area contributed by atoms with Crippen molar-refractivity contribution < 1.29 is 19.0 Å². The van der Waals surface area contributed by atoms with Crippen molar-refractivity contribution in [2.75, 3.05) is 26.6 Å². The molecule has 31 heavy (non-hydrogen) atoms. The minimum absolute atomic E-state index is 0.0257. The number of hydrogen-bond donors (Lipinski definition) is 1. The van der Waals surface area contributed by atoms with Crippen LogP contribution in [-0.4, -0.2) is 42.0 Å². The SMILES string of the molecule is COc1ccc(OC)c(NC(=O)Cn2cc(OC)c(=O)cc2CSc2nnc(C)s2)c1. The quantitative estimate of drug-likeness (QED) is 0.484. The Bertz CT molecular complexity index is 1130. The third-order valence-electron chi connectivity index (χ3n) is 4.25. The van der Waals surface area contributed by atoms with Gasteiger partial charge < -0.3 is 24.1 Å². The van der Waals surface area contributed by atoms with Crippen molar-refractivity contribution in [1.29, 1.82) is 0 Å². The molecule has 1 aromatic carbocycles. The second-order valence-electron chi connectivity index (χ2n) is 6.32. The normalized spacial score (nSPS) is 10.6. The molecule has 0 aliphatic carbocycles. The Hall–Kier alpha value is -3.05. The maximum absolute atomic E-state index is 12.8. The zero-order valence-electron chi connectivity index (χ0n) is 17.5. The van der Waals surface area contributed by atoms with Gasteiger partial charge in [0.1, 0.15) is 23.1 Å². The van der Waals surface area contributed by atoms with Gasteiger partial charge in [0.2, 0.25) is 11.3 Å². The minimum Gasteiger partial charge on any atom is -0.497 e. The molecule has 0 saturated carbocycles. The number of hydrogen-bond acceptors (Lipinski definition) is 9. The first-order valence-electron chi connectivity index (χ1n) is 9.15. The van der Waals surface area contributed by atoms with Crippen molar-refractivity contribution >= 4 is 34.7 Å². The van der Waals surface area contributed by atoms with Gasteiger partial charge in [0.15, 0.2) is 10.1 Å². The van der Waals surface area contributed by atoms with Gasteiger partial charge in [0, 0.05) is 23.6 Å². The fourth-order valence-electron chi connectivity index (χ4n) is 2.75. The van der Waals surface area contributed by atoms with E-state index in [0.29, 0.717) is 28.6 Å². The van der Waals surface area contributed by atoms with Gasteiger partial charge in [-0.3, -0.25) is 9.59 Å². The Morgan fingerprint density at radius 1 is 1.13 bits per heavy atom. The highest BCUT2D eigenvalue weighted by Gasteiger charge is 2.14. The third-order valence-corrected chi connectivity index (χ3v) is 6.25. The van der Waals surface area contributed by atoms with Crippen molar-refractivity contribution in [2.24, 2.45) is 0 Å². The van der Waals surface area contributed by atoms with E-state index in [2.05, 4.69) is 15.5 Å². The van der Waals surface area contributed by atoms with Gasteiger partial charge in [-0.15, -0.1) is 10.2 Å². The van der Waals surface area contributed by atoms with E-state index in [1.54, 1.807) is 29.9 Å². The lowest BCUT2D eigenvalue weighted by atomic mass is 10.2. The Balaban J connectivity index is 1.82. The molecule has 1 amide bonds. The van der Waals surface area contributed by atoms with E-state index in [0.717, 1.165) is 9.35 Å². The summed E-state index contributed by atoms with van der Waals surface area (Å²) in [5.74, 6) is 1.41. The van der Waals surface area contributed by atoms with E-state index in [1.165, 1.54) is 49.6 Å². The summed E-state index contributed by atoms with van der Waals surface area (Å²) in [5, 5.41) is 11.8. The van der Waals surface area contributed by atoms with Crippen LogP contribution < -0.4 is 25.0 Å². The van der Waals surface area contributed by atoms with E-state index < -0.39 is 0 Å². The third kappa shape index (κ3) is 5.76. The highest BCUT2D eigenvalue weighted by atomic mass is 32.2. The number of aromatic nitrogens is 3. The molecule has 0 spiro atoms. The van der Waals surface area contributed by atoms with Crippen LogP contribution in [0.2, 0.25) is 0 Å². The van der Waals surface area contributed by atoms with Gasteiger partial charge in [0.25, 0.3) is 0 Å². The molecule has 0 saturated heterocycles. The number of aryl methyl sites for hydroxylation is 1. The number of rotatable bonds is 9. The van der Waals surface area contributed by atoms with Crippen molar-refractivity contribution in [2.45, 2.75) is 23.6 Å². The van der Waals surface area contributed by atoms with Gasteiger partial charge in [-0.1, -0.05) is 23.1 Å². The smallest absolute Gasteiger partial charge is 0.244 e. The van der Waals surface area contributed by atoms with Gasteiger partial charge in [-0.25, -0.2) is 0 Å². The number of methoxy groups -OCH3 is 3. The minimum atomic E-state index is -0.296. The summed E-state index contributed by atoms with van der Waals surface area (Å²) in [6.07, 6.45) is 1.53. The number of nitrogens with zero attached hydrogens (tertiary/aromatic N) is 3. The molecule has 3 aromatic rings. The Labute approximate surface area is 187 Å². The van der Waals surface area contributed by atoms with Crippen LogP contribution in [0, 0.1) is 6.92 Å². The zero-order chi connectivity index (χ0) is 22.4.